The molecule has 8 nitrogen and oxygen atoms in total. The quantitative estimate of drug-likeness (QED) is 0.363. The average Bonchev–Trinajstić information content (AvgIpc) is 3.10. The predicted molar refractivity (Wildman–Crippen MR) is 152 cm³/mol. The summed E-state index contributed by atoms with van der Waals surface area (Å²) in [4.78, 5) is 14.0. The molecule has 2 saturated heterocycles. The molecule has 1 atom stereocenters. The maximum atomic E-state index is 12.8. The molecule has 2 aromatic heterocycles. The molecule has 3 aromatic rings. The molecule has 0 saturated carbocycles. The average molecular weight is 575 g/mol. The first kappa shape index (κ1) is 28.7. The van der Waals surface area contributed by atoms with E-state index in [1.165, 1.54) is 0 Å². The second kappa shape index (κ2) is 11.2. The Morgan fingerprint density at radius 3 is 2.45 bits per heavy atom. The highest BCUT2D eigenvalue weighted by Crippen LogP contribution is 2.44. The van der Waals surface area contributed by atoms with Crippen molar-refractivity contribution in [2.45, 2.75) is 53.1 Å². The summed E-state index contributed by atoms with van der Waals surface area (Å²) in [6.45, 7) is 10.9. The molecule has 1 aromatic carbocycles. The highest BCUT2D eigenvalue weighted by atomic mass is 35.5. The van der Waals surface area contributed by atoms with E-state index in [9.17, 15) is 13.9 Å². The van der Waals surface area contributed by atoms with Crippen molar-refractivity contribution in [3.8, 4) is 28.5 Å². The van der Waals surface area contributed by atoms with Crippen LogP contribution in [0.5, 0.6) is 5.75 Å². The molecule has 2 fully saturated rings. The molecule has 216 valence electrons. The van der Waals surface area contributed by atoms with E-state index < -0.39 is 12.5 Å². The standard InChI is InChI=1S/C29H37ClF2N6O2/c1-6-7-20(39)12-40-21-8-9-23(30)22(10-21)27-33-25(26-17(2)19(4)35-36(26)5)18(3)28(34-27)38-15-29(16-38)13-37(14-29)11-24(31)32/h8-10,20,24,39H,6-7,11-16H2,1-5H3/t20-/m1/s1. The number of hydrogen-bond acceptors (Lipinski definition) is 7. The van der Waals surface area contributed by atoms with Gasteiger partial charge in [0.1, 0.15) is 18.2 Å². The van der Waals surface area contributed by atoms with Crippen LogP contribution in [-0.2, 0) is 7.05 Å². The number of ether oxygens (including phenoxy) is 1. The van der Waals surface area contributed by atoms with Crippen LogP contribution in [0.25, 0.3) is 22.8 Å². The summed E-state index contributed by atoms with van der Waals surface area (Å²) < 4.78 is 33.4. The molecule has 0 unspecified atom stereocenters. The van der Waals surface area contributed by atoms with Crippen LogP contribution in [-0.4, -0.2) is 81.6 Å². The summed E-state index contributed by atoms with van der Waals surface area (Å²) >= 11 is 6.68. The van der Waals surface area contributed by atoms with E-state index in [-0.39, 0.29) is 18.6 Å². The maximum Gasteiger partial charge on any atom is 0.251 e. The molecular weight excluding hydrogens is 538 g/mol. The lowest BCUT2D eigenvalue weighted by atomic mass is 9.72. The Balaban J connectivity index is 1.50. The molecule has 40 heavy (non-hydrogen) atoms. The molecule has 0 bridgehead atoms. The van der Waals surface area contributed by atoms with Gasteiger partial charge in [0, 0.05) is 49.8 Å². The Morgan fingerprint density at radius 2 is 1.82 bits per heavy atom. The summed E-state index contributed by atoms with van der Waals surface area (Å²) in [5.41, 5.74) is 5.23. The van der Waals surface area contributed by atoms with Crippen molar-refractivity contribution in [1.29, 1.82) is 0 Å². The van der Waals surface area contributed by atoms with Crippen LogP contribution < -0.4 is 9.64 Å². The molecule has 0 amide bonds. The topological polar surface area (TPSA) is 79.5 Å². The third kappa shape index (κ3) is 5.53. The van der Waals surface area contributed by atoms with Crippen LogP contribution in [0.15, 0.2) is 18.2 Å². The number of rotatable bonds is 10. The van der Waals surface area contributed by atoms with Crippen LogP contribution in [0.2, 0.25) is 5.02 Å². The predicted octanol–water partition coefficient (Wildman–Crippen LogP) is 5.05. The fourth-order valence-corrected chi connectivity index (χ4v) is 6.18. The van der Waals surface area contributed by atoms with Gasteiger partial charge in [-0.25, -0.2) is 18.7 Å². The zero-order chi connectivity index (χ0) is 28.8. The second-order valence-corrected chi connectivity index (χ2v) is 11.7. The molecule has 4 heterocycles. The van der Waals surface area contributed by atoms with E-state index in [1.54, 1.807) is 12.1 Å². The van der Waals surface area contributed by atoms with Gasteiger partial charge >= 0.3 is 0 Å². The lowest BCUT2D eigenvalue weighted by molar-refractivity contribution is -0.0515. The SMILES string of the molecule is CCC[C@@H](O)COc1ccc(Cl)c(-c2nc(-c3c(C)c(C)nn3C)c(C)c(N3CC4(CN(CC(F)F)C4)C3)n2)c1. The third-order valence-electron chi connectivity index (χ3n) is 7.98. The lowest BCUT2D eigenvalue weighted by Gasteiger charge is -2.60. The molecule has 0 aliphatic carbocycles. The van der Waals surface area contributed by atoms with Gasteiger partial charge in [-0.1, -0.05) is 24.9 Å². The smallest absolute Gasteiger partial charge is 0.251 e. The Bertz CT molecular complexity index is 1380. The van der Waals surface area contributed by atoms with E-state index in [4.69, 9.17) is 26.3 Å². The maximum absolute atomic E-state index is 12.8. The van der Waals surface area contributed by atoms with Crippen LogP contribution in [0, 0.1) is 26.2 Å². The number of aromatic nitrogens is 4. The van der Waals surface area contributed by atoms with Crippen molar-refractivity contribution in [2.75, 3.05) is 44.2 Å². The molecule has 2 aliphatic rings. The van der Waals surface area contributed by atoms with Gasteiger partial charge in [-0.3, -0.25) is 9.58 Å². The summed E-state index contributed by atoms with van der Waals surface area (Å²) in [6, 6.07) is 5.34. The number of nitrogens with zero attached hydrogens (tertiary/aromatic N) is 6. The van der Waals surface area contributed by atoms with Crippen molar-refractivity contribution in [1.82, 2.24) is 24.6 Å². The Morgan fingerprint density at radius 1 is 1.10 bits per heavy atom. The van der Waals surface area contributed by atoms with Crippen molar-refractivity contribution in [3.63, 3.8) is 0 Å². The number of likely N-dealkylation sites (tertiary alicyclic amines) is 1. The number of anilines is 1. The number of hydrogen-bond donors (Lipinski definition) is 1. The van der Waals surface area contributed by atoms with Crippen LogP contribution in [0.4, 0.5) is 14.6 Å². The Kier molecular flexibility index (Phi) is 8.05. The summed E-state index contributed by atoms with van der Waals surface area (Å²) in [5, 5.41) is 15.2. The van der Waals surface area contributed by atoms with E-state index in [1.807, 2.05) is 50.4 Å². The highest BCUT2D eigenvalue weighted by molar-refractivity contribution is 6.33. The lowest BCUT2D eigenvalue weighted by Crippen LogP contribution is -2.72. The molecular formula is C29H37ClF2N6O2. The minimum atomic E-state index is -2.31. The number of benzene rings is 1. The Hall–Kier alpha value is -2.82. The van der Waals surface area contributed by atoms with Gasteiger partial charge in [-0.15, -0.1) is 0 Å². The van der Waals surface area contributed by atoms with Gasteiger partial charge in [0.15, 0.2) is 5.82 Å². The van der Waals surface area contributed by atoms with Gasteiger partial charge in [-0.2, -0.15) is 5.10 Å². The number of halogens is 3. The van der Waals surface area contributed by atoms with Crippen LogP contribution in [0.1, 0.15) is 36.6 Å². The normalized spacial score (nSPS) is 17.3. The number of aliphatic hydroxyl groups excluding tert-OH is 1. The van der Waals surface area contributed by atoms with Gasteiger partial charge in [0.05, 0.1) is 34.8 Å². The zero-order valence-corrected chi connectivity index (χ0v) is 24.5. The molecule has 11 heteroatoms. The monoisotopic (exact) mass is 574 g/mol. The second-order valence-electron chi connectivity index (χ2n) is 11.3. The zero-order valence-electron chi connectivity index (χ0n) is 23.7. The van der Waals surface area contributed by atoms with Gasteiger partial charge < -0.3 is 14.7 Å². The van der Waals surface area contributed by atoms with Gasteiger partial charge in [0.2, 0.25) is 0 Å². The molecule has 1 N–H and O–H groups in total. The number of aryl methyl sites for hydroxylation is 2. The summed E-state index contributed by atoms with van der Waals surface area (Å²) in [6.07, 6.45) is -1.33. The van der Waals surface area contributed by atoms with E-state index >= 15 is 0 Å². The fraction of sp³-hybridized carbons (Fsp3) is 0.552. The first-order valence-corrected chi connectivity index (χ1v) is 14.1. The summed E-state index contributed by atoms with van der Waals surface area (Å²) in [7, 11) is 1.91. The highest BCUT2D eigenvalue weighted by Gasteiger charge is 2.52. The van der Waals surface area contributed by atoms with E-state index in [2.05, 4.69) is 10.00 Å². The van der Waals surface area contributed by atoms with E-state index in [0.29, 0.717) is 41.7 Å². The van der Waals surface area contributed by atoms with Crippen molar-refractivity contribution >= 4 is 17.4 Å². The minimum Gasteiger partial charge on any atom is -0.491 e. The van der Waals surface area contributed by atoms with Crippen LogP contribution in [0.3, 0.4) is 0 Å². The first-order valence-electron chi connectivity index (χ1n) is 13.8. The van der Waals surface area contributed by atoms with E-state index in [0.717, 1.165) is 53.5 Å². The van der Waals surface area contributed by atoms with Crippen molar-refractivity contribution in [2.24, 2.45) is 12.5 Å². The van der Waals surface area contributed by atoms with Crippen LogP contribution >= 0.6 is 11.6 Å². The first-order chi connectivity index (χ1) is 19.0. The van der Waals surface area contributed by atoms with Gasteiger partial charge in [-0.05, 0) is 51.0 Å². The molecule has 1 spiro atoms. The van der Waals surface area contributed by atoms with Crippen molar-refractivity contribution < 1.29 is 18.6 Å². The minimum absolute atomic E-state index is 0.0242. The van der Waals surface area contributed by atoms with Gasteiger partial charge in [0.25, 0.3) is 6.43 Å². The number of aliphatic hydroxyl groups is 1. The molecule has 0 radical (unpaired) electrons. The molecule has 5 rings (SSSR count). The largest absolute Gasteiger partial charge is 0.491 e. The number of alkyl halides is 2. The molecule has 2 aliphatic heterocycles. The Labute approximate surface area is 238 Å². The third-order valence-corrected chi connectivity index (χ3v) is 8.30. The van der Waals surface area contributed by atoms with Crippen molar-refractivity contribution in [3.05, 3.63) is 40.0 Å². The summed E-state index contributed by atoms with van der Waals surface area (Å²) in [5.74, 6) is 1.84. The fourth-order valence-electron chi connectivity index (χ4n) is 5.97.